The number of amides is 2. The maximum atomic E-state index is 13.3. The number of hydrogen-bond donors (Lipinski definition) is 1. The fourth-order valence-corrected chi connectivity index (χ4v) is 2.71. The Balaban J connectivity index is 2.07. The highest BCUT2D eigenvalue weighted by Crippen LogP contribution is 2.23. The summed E-state index contributed by atoms with van der Waals surface area (Å²) in [6.07, 6.45) is 0.829. The van der Waals surface area contributed by atoms with Crippen LogP contribution in [0.15, 0.2) is 12.1 Å². The first-order valence-corrected chi connectivity index (χ1v) is 7.67. The summed E-state index contributed by atoms with van der Waals surface area (Å²) in [4.78, 5) is 25.4. The third-order valence-electron chi connectivity index (χ3n) is 3.55. The predicted molar refractivity (Wildman–Crippen MR) is 80.5 cm³/mol. The number of carbonyl (C=O) groups is 2. The molecule has 2 rings (SSSR count). The van der Waals surface area contributed by atoms with E-state index in [1.165, 1.54) is 4.90 Å². The summed E-state index contributed by atoms with van der Waals surface area (Å²) in [6.45, 7) is 2.66. The van der Waals surface area contributed by atoms with Crippen LogP contribution in [0.4, 0.5) is 13.6 Å². The van der Waals surface area contributed by atoms with Gasteiger partial charge in [0.05, 0.1) is 17.2 Å². The van der Waals surface area contributed by atoms with E-state index >= 15 is 0 Å². The lowest BCUT2D eigenvalue weighted by Crippen LogP contribution is -2.49. The molecule has 1 heterocycles. The second-order valence-corrected chi connectivity index (χ2v) is 5.61. The average molecular weight is 347 g/mol. The quantitative estimate of drug-likeness (QED) is 0.856. The van der Waals surface area contributed by atoms with Crippen molar-refractivity contribution in [1.29, 1.82) is 0 Å². The summed E-state index contributed by atoms with van der Waals surface area (Å²) < 4.78 is 31.2. The maximum absolute atomic E-state index is 13.3. The highest BCUT2D eigenvalue weighted by atomic mass is 35.5. The molecule has 1 aromatic rings. The van der Waals surface area contributed by atoms with E-state index in [1.807, 2.05) is 0 Å². The molecule has 2 amide bonds. The van der Waals surface area contributed by atoms with Crippen LogP contribution in [-0.2, 0) is 4.74 Å². The van der Waals surface area contributed by atoms with Crippen molar-refractivity contribution in [1.82, 2.24) is 10.2 Å². The molecule has 0 saturated carbocycles. The summed E-state index contributed by atoms with van der Waals surface area (Å²) in [5, 5.41) is 2.53. The van der Waals surface area contributed by atoms with E-state index in [9.17, 15) is 18.4 Å². The number of likely N-dealkylation sites (tertiary alicyclic amines) is 1. The summed E-state index contributed by atoms with van der Waals surface area (Å²) in [5.41, 5.74) is -0.0950. The lowest BCUT2D eigenvalue weighted by Gasteiger charge is -2.33. The third-order valence-corrected chi connectivity index (χ3v) is 3.86. The number of ether oxygens (including phenoxy) is 1. The van der Waals surface area contributed by atoms with Crippen molar-refractivity contribution in [2.45, 2.75) is 25.8 Å². The van der Waals surface area contributed by atoms with Crippen LogP contribution in [0.5, 0.6) is 0 Å². The number of alkyl carbamates (subject to hydrolysis) is 1. The van der Waals surface area contributed by atoms with Gasteiger partial charge in [-0.05, 0) is 31.9 Å². The van der Waals surface area contributed by atoms with Gasteiger partial charge in [-0.25, -0.2) is 13.6 Å². The fraction of sp³-hybridized carbons (Fsp3) is 0.467. The van der Waals surface area contributed by atoms with Crippen molar-refractivity contribution < 1.29 is 23.1 Å². The Kier molecular flexibility index (Phi) is 5.76. The van der Waals surface area contributed by atoms with Crippen LogP contribution in [-0.4, -0.2) is 42.6 Å². The summed E-state index contributed by atoms with van der Waals surface area (Å²) in [7, 11) is 0. The molecule has 1 fully saturated rings. The molecule has 1 N–H and O–H groups in total. The molecule has 1 saturated heterocycles. The Bertz CT molecular complexity index is 613. The molecule has 1 aromatic carbocycles. The zero-order valence-corrected chi connectivity index (χ0v) is 13.3. The Morgan fingerprint density at radius 2 is 2.09 bits per heavy atom. The number of carbonyl (C=O) groups excluding carboxylic acids is 2. The van der Waals surface area contributed by atoms with Gasteiger partial charge in [-0.2, -0.15) is 0 Å². The molecule has 0 aromatic heterocycles. The second-order valence-electron chi connectivity index (χ2n) is 5.20. The van der Waals surface area contributed by atoms with Crippen LogP contribution < -0.4 is 5.32 Å². The summed E-state index contributed by atoms with van der Waals surface area (Å²) in [5.74, 6) is -2.73. The molecule has 126 valence electrons. The van der Waals surface area contributed by atoms with Gasteiger partial charge in [-0.1, -0.05) is 11.6 Å². The zero-order valence-electron chi connectivity index (χ0n) is 12.6. The van der Waals surface area contributed by atoms with Gasteiger partial charge in [0.1, 0.15) is 0 Å². The van der Waals surface area contributed by atoms with E-state index in [0.717, 1.165) is 12.1 Å². The Labute approximate surface area is 137 Å². The second kappa shape index (κ2) is 7.59. The van der Waals surface area contributed by atoms with Crippen molar-refractivity contribution in [3.05, 3.63) is 34.4 Å². The molecule has 0 radical (unpaired) electrons. The molecule has 1 aliphatic heterocycles. The minimum absolute atomic E-state index is 0.0950. The molecule has 23 heavy (non-hydrogen) atoms. The number of rotatable bonds is 3. The summed E-state index contributed by atoms with van der Waals surface area (Å²) >= 11 is 5.83. The molecule has 0 bridgehead atoms. The van der Waals surface area contributed by atoms with Crippen molar-refractivity contribution in [3.8, 4) is 0 Å². The third kappa shape index (κ3) is 4.31. The van der Waals surface area contributed by atoms with Crippen molar-refractivity contribution in [2.75, 3.05) is 19.7 Å². The SMILES string of the molecule is CCOC(=O)NC1CCCN(C(=O)c2cc(F)c(F)cc2Cl)C1. The highest BCUT2D eigenvalue weighted by Gasteiger charge is 2.27. The molecular weight excluding hydrogens is 330 g/mol. The number of hydrogen-bond acceptors (Lipinski definition) is 3. The lowest BCUT2D eigenvalue weighted by atomic mass is 10.0. The van der Waals surface area contributed by atoms with E-state index in [1.54, 1.807) is 6.92 Å². The molecule has 1 atom stereocenters. The van der Waals surface area contributed by atoms with Gasteiger partial charge >= 0.3 is 6.09 Å². The molecule has 0 aliphatic carbocycles. The van der Waals surface area contributed by atoms with Crippen LogP contribution in [0.1, 0.15) is 30.1 Å². The minimum Gasteiger partial charge on any atom is -0.450 e. The predicted octanol–water partition coefficient (Wildman–Crippen LogP) is 2.97. The van der Waals surface area contributed by atoms with Gasteiger partial charge in [0, 0.05) is 19.1 Å². The largest absolute Gasteiger partial charge is 0.450 e. The van der Waals surface area contributed by atoms with Crippen molar-refractivity contribution >= 4 is 23.6 Å². The maximum Gasteiger partial charge on any atom is 0.407 e. The Morgan fingerprint density at radius 1 is 1.39 bits per heavy atom. The van der Waals surface area contributed by atoms with Gasteiger partial charge < -0.3 is 15.0 Å². The van der Waals surface area contributed by atoms with E-state index < -0.39 is 23.6 Å². The van der Waals surface area contributed by atoms with Gasteiger partial charge in [-0.15, -0.1) is 0 Å². The van der Waals surface area contributed by atoms with Crippen LogP contribution in [0.25, 0.3) is 0 Å². The van der Waals surface area contributed by atoms with E-state index in [4.69, 9.17) is 16.3 Å². The topological polar surface area (TPSA) is 58.6 Å². The van der Waals surface area contributed by atoms with Gasteiger partial charge in [0.2, 0.25) is 0 Å². The van der Waals surface area contributed by atoms with Crippen LogP contribution >= 0.6 is 11.6 Å². The fourth-order valence-electron chi connectivity index (χ4n) is 2.48. The highest BCUT2D eigenvalue weighted by molar-refractivity contribution is 6.33. The molecule has 0 spiro atoms. The van der Waals surface area contributed by atoms with Crippen LogP contribution in [0.3, 0.4) is 0 Å². The molecule has 5 nitrogen and oxygen atoms in total. The van der Waals surface area contributed by atoms with E-state index in [0.29, 0.717) is 19.4 Å². The molecule has 8 heteroatoms. The molecular formula is C15H17ClF2N2O3. The number of benzene rings is 1. The number of nitrogens with one attached hydrogen (secondary N) is 1. The molecule has 1 unspecified atom stereocenters. The van der Waals surface area contributed by atoms with Crippen molar-refractivity contribution in [2.24, 2.45) is 0 Å². The normalized spacial score (nSPS) is 17.7. The van der Waals surface area contributed by atoms with Crippen LogP contribution in [0.2, 0.25) is 5.02 Å². The van der Waals surface area contributed by atoms with Gasteiger partial charge in [0.15, 0.2) is 11.6 Å². The number of nitrogens with zero attached hydrogens (tertiary/aromatic N) is 1. The molecule has 1 aliphatic rings. The first kappa shape index (κ1) is 17.5. The first-order valence-electron chi connectivity index (χ1n) is 7.29. The Hall–Kier alpha value is -1.89. The average Bonchev–Trinajstić information content (AvgIpc) is 2.50. The number of halogens is 3. The lowest BCUT2D eigenvalue weighted by molar-refractivity contribution is 0.0685. The smallest absolute Gasteiger partial charge is 0.407 e. The zero-order chi connectivity index (χ0) is 17.0. The van der Waals surface area contributed by atoms with Crippen LogP contribution in [0, 0.1) is 11.6 Å². The standard InChI is InChI=1S/C15H17ClF2N2O3/c1-2-23-15(22)19-9-4-3-5-20(8-9)14(21)10-6-12(17)13(18)7-11(10)16/h6-7,9H,2-5,8H2,1H3,(H,19,22). The van der Waals surface area contributed by atoms with E-state index in [2.05, 4.69) is 5.32 Å². The minimum atomic E-state index is -1.13. The number of piperidine rings is 1. The van der Waals surface area contributed by atoms with Gasteiger partial charge in [0.25, 0.3) is 5.91 Å². The van der Waals surface area contributed by atoms with E-state index in [-0.39, 0.29) is 29.8 Å². The monoisotopic (exact) mass is 346 g/mol. The summed E-state index contributed by atoms with van der Waals surface area (Å²) in [6, 6.07) is 1.32. The Morgan fingerprint density at radius 3 is 2.78 bits per heavy atom. The first-order chi connectivity index (χ1) is 10.9. The van der Waals surface area contributed by atoms with Gasteiger partial charge in [-0.3, -0.25) is 4.79 Å². The van der Waals surface area contributed by atoms with Crippen molar-refractivity contribution in [3.63, 3.8) is 0 Å².